The normalized spacial score (nSPS) is 14.5. The van der Waals surface area contributed by atoms with Crippen molar-refractivity contribution >= 4 is 0 Å². The molecule has 1 heteroatoms. The lowest BCUT2D eigenvalue weighted by Crippen LogP contribution is -2.24. The first-order valence-corrected chi connectivity index (χ1v) is 4.06. The molecule has 0 heterocycles. The van der Waals surface area contributed by atoms with E-state index in [-0.39, 0.29) is 6.04 Å². The van der Waals surface area contributed by atoms with Crippen molar-refractivity contribution in [2.75, 3.05) is 0 Å². The Morgan fingerprint density at radius 1 is 1.55 bits per heavy atom. The van der Waals surface area contributed by atoms with Gasteiger partial charge < -0.3 is 5.73 Å². The minimum absolute atomic E-state index is 0.0844. The Bertz CT molecular complexity index is 161. The molecule has 0 aliphatic carbocycles. The zero-order chi connectivity index (χ0) is 8.69. The van der Waals surface area contributed by atoms with Gasteiger partial charge in [-0.25, -0.2) is 0 Å². The summed E-state index contributed by atoms with van der Waals surface area (Å²) in [6, 6.07) is 0.0844. The quantitative estimate of drug-likeness (QED) is 0.484. The SMILES string of the molecule is C=CC(N)C(C)CC#CCC. The van der Waals surface area contributed by atoms with Gasteiger partial charge in [0.25, 0.3) is 0 Å². The molecular weight excluding hydrogens is 134 g/mol. The van der Waals surface area contributed by atoms with Crippen LogP contribution in [-0.2, 0) is 0 Å². The second-order valence-corrected chi connectivity index (χ2v) is 2.70. The Morgan fingerprint density at radius 2 is 2.18 bits per heavy atom. The number of hydrogen-bond acceptors (Lipinski definition) is 1. The summed E-state index contributed by atoms with van der Waals surface area (Å²) in [5.41, 5.74) is 5.71. The van der Waals surface area contributed by atoms with Gasteiger partial charge in [0.05, 0.1) is 0 Å². The molecule has 0 amide bonds. The van der Waals surface area contributed by atoms with E-state index in [1.165, 1.54) is 0 Å². The Kier molecular flexibility index (Phi) is 5.60. The Morgan fingerprint density at radius 3 is 2.64 bits per heavy atom. The van der Waals surface area contributed by atoms with Gasteiger partial charge in [-0.05, 0) is 5.92 Å². The molecule has 0 rings (SSSR count). The predicted molar refractivity (Wildman–Crippen MR) is 50.0 cm³/mol. The average molecular weight is 151 g/mol. The highest BCUT2D eigenvalue weighted by Crippen LogP contribution is 2.05. The fourth-order valence-corrected chi connectivity index (χ4v) is 0.727. The van der Waals surface area contributed by atoms with E-state index in [1.807, 2.05) is 6.92 Å². The number of hydrogen-bond donors (Lipinski definition) is 1. The fraction of sp³-hybridized carbons (Fsp3) is 0.600. The fourth-order valence-electron chi connectivity index (χ4n) is 0.727. The van der Waals surface area contributed by atoms with Gasteiger partial charge in [-0.2, -0.15) is 0 Å². The molecule has 0 aromatic carbocycles. The molecule has 0 aromatic heterocycles. The van der Waals surface area contributed by atoms with Crippen LogP contribution in [-0.4, -0.2) is 6.04 Å². The maximum absolute atomic E-state index is 5.71. The van der Waals surface area contributed by atoms with Crippen LogP contribution in [0.15, 0.2) is 12.7 Å². The molecule has 0 spiro atoms. The van der Waals surface area contributed by atoms with E-state index in [0.29, 0.717) is 5.92 Å². The third-order valence-electron chi connectivity index (χ3n) is 1.66. The summed E-state index contributed by atoms with van der Waals surface area (Å²) in [4.78, 5) is 0. The van der Waals surface area contributed by atoms with E-state index >= 15 is 0 Å². The van der Waals surface area contributed by atoms with Crippen LogP contribution in [0.2, 0.25) is 0 Å². The van der Waals surface area contributed by atoms with Gasteiger partial charge in [-0.3, -0.25) is 0 Å². The molecule has 0 radical (unpaired) electrons. The summed E-state index contributed by atoms with van der Waals surface area (Å²) in [5, 5.41) is 0. The minimum Gasteiger partial charge on any atom is -0.324 e. The number of nitrogens with two attached hydrogens (primary N) is 1. The molecule has 0 saturated carbocycles. The molecule has 0 aliphatic rings. The van der Waals surface area contributed by atoms with Crippen molar-refractivity contribution in [2.45, 2.75) is 32.7 Å². The Balaban J connectivity index is 3.67. The lowest BCUT2D eigenvalue weighted by Gasteiger charge is -2.11. The summed E-state index contributed by atoms with van der Waals surface area (Å²) in [6.07, 6.45) is 3.58. The van der Waals surface area contributed by atoms with Crippen molar-refractivity contribution in [1.82, 2.24) is 0 Å². The highest BCUT2D eigenvalue weighted by molar-refractivity contribution is 5.01. The molecule has 2 N–H and O–H groups in total. The van der Waals surface area contributed by atoms with Crippen LogP contribution in [0, 0.1) is 17.8 Å². The molecule has 0 fully saturated rings. The van der Waals surface area contributed by atoms with Crippen LogP contribution >= 0.6 is 0 Å². The summed E-state index contributed by atoms with van der Waals surface area (Å²) in [6.45, 7) is 7.78. The molecule has 1 nitrogen and oxygen atoms in total. The molecule has 2 atom stereocenters. The average Bonchev–Trinajstić information content (AvgIpc) is 2.03. The van der Waals surface area contributed by atoms with Crippen LogP contribution in [0.5, 0.6) is 0 Å². The van der Waals surface area contributed by atoms with E-state index in [9.17, 15) is 0 Å². The van der Waals surface area contributed by atoms with Gasteiger partial charge >= 0.3 is 0 Å². The zero-order valence-corrected chi connectivity index (χ0v) is 7.43. The standard InChI is InChI=1S/C10H17N/c1-4-6-7-8-9(3)10(11)5-2/h5,9-10H,2,4,8,11H2,1,3H3. The van der Waals surface area contributed by atoms with E-state index in [4.69, 9.17) is 5.73 Å². The largest absolute Gasteiger partial charge is 0.324 e. The summed E-state index contributed by atoms with van der Waals surface area (Å²) in [5.74, 6) is 6.51. The lowest BCUT2D eigenvalue weighted by atomic mass is 10.00. The minimum atomic E-state index is 0.0844. The van der Waals surface area contributed by atoms with Crippen LogP contribution in [0.25, 0.3) is 0 Å². The topological polar surface area (TPSA) is 26.0 Å². The smallest absolute Gasteiger partial charge is 0.0256 e. The van der Waals surface area contributed by atoms with Crippen molar-refractivity contribution in [2.24, 2.45) is 11.7 Å². The third kappa shape index (κ3) is 4.64. The number of rotatable bonds is 3. The van der Waals surface area contributed by atoms with Gasteiger partial charge in [0.15, 0.2) is 0 Å². The van der Waals surface area contributed by atoms with Gasteiger partial charge in [-0.15, -0.1) is 18.4 Å². The molecule has 62 valence electrons. The Hall–Kier alpha value is -0.740. The van der Waals surface area contributed by atoms with Gasteiger partial charge in [0, 0.05) is 18.9 Å². The van der Waals surface area contributed by atoms with Crippen LogP contribution in [0.3, 0.4) is 0 Å². The highest BCUT2D eigenvalue weighted by atomic mass is 14.6. The predicted octanol–water partition coefficient (Wildman–Crippen LogP) is 1.94. The van der Waals surface area contributed by atoms with Crippen LogP contribution in [0.4, 0.5) is 0 Å². The monoisotopic (exact) mass is 151 g/mol. The zero-order valence-electron chi connectivity index (χ0n) is 7.43. The second kappa shape index (κ2) is 6.00. The van der Waals surface area contributed by atoms with Gasteiger partial charge in [0.1, 0.15) is 0 Å². The lowest BCUT2D eigenvalue weighted by molar-refractivity contribution is 0.534. The van der Waals surface area contributed by atoms with Crippen molar-refractivity contribution in [3.05, 3.63) is 12.7 Å². The molecule has 11 heavy (non-hydrogen) atoms. The van der Waals surface area contributed by atoms with Gasteiger partial charge in [0.2, 0.25) is 0 Å². The van der Waals surface area contributed by atoms with Crippen LogP contribution in [0.1, 0.15) is 26.7 Å². The maximum Gasteiger partial charge on any atom is 0.0256 e. The van der Waals surface area contributed by atoms with Crippen molar-refractivity contribution in [3.8, 4) is 11.8 Å². The second-order valence-electron chi connectivity index (χ2n) is 2.70. The molecule has 2 unspecified atom stereocenters. The third-order valence-corrected chi connectivity index (χ3v) is 1.66. The van der Waals surface area contributed by atoms with E-state index < -0.39 is 0 Å². The maximum atomic E-state index is 5.71. The van der Waals surface area contributed by atoms with E-state index in [0.717, 1.165) is 12.8 Å². The molecular formula is C10H17N. The summed E-state index contributed by atoms with van der Waals surface area (Å²) in [7, 11) is 0. The van der Waals surface area contributed by atoms with Crippen molar-refractivity contribution in [3.63, 3.8) is 0 Å². The molecule has 0 aliphatic heterocycles. The van der Waals surface area contributed by atoms with Crippen LogP contribution < -0.4 is 5.73 Å². The molecule has 0 bridgehead atoms. The highest BCUT2D eigenvalue weighted by Gasteiger charge is 2.05. The van der Waals surface area contributed by atoms with Gasteiger partial charge in [-0.1, -0.05) is 19.9 Å². The van der Waals surface area contributed by atoms with Crippen molar-refractivity contribution in [1.29, 1.82) is 0 Å². The summed E-state index contributed by atoms with van der Waals surface area (Å²) < 4.78 is 0. The summed E-state index contributed by atoms with van der Waals surface area (Å²) >= 11 is 0. The first-order valence-electron chi connectivity index (χ1n) is 4.06. The van der Waals surface area contributed by atoms with E-state index in [2.05, 4.69) is 25.3 Å². The first kappa shape index (κ1) is 10.3. The van der Waals surface area contributed by atoms with Crippen molar-refractivity contribution < 1.29 is 0 Å². The molecule has 0 saturated heterocycles. The van der Waals surface area contributed by atoms with E-state index in [1.54, 1.807) is 6.08 Å². The molecule has 0 aromatic rings. The Labute approximate surface area is 69.7 Å². The first-order chi connectivity index (χ1) is 5.22.